The second-order valence-corrected chi connectivity index (χ2v) is 4.62. The van der Waals surface area contributed by atoms with Gasteiger partial charge >= 0.3 is 0 Å². The Morgan fingerprint density at radius 2 is 2.12 bits per heavy atom. The van der Waals surface area contributed by atoms with E-state index in [1.54, 1.807) is 14.0 Å². The highest BCUT2D eigenvalue weighted by Crippen LogP contribution is 2.33. The second kappa shape index (κ2) is 5.21. The molecule has 0 radical (unpaired) electrons. The number of methoxy groups -OCH3 is 1. The molecule has 3 nitrogen and oxygen atoms in total. The fourth-order valence-electron chi connectivity index (χ4n) is 1.72. The summed E-state index contributed by atoms with van der Waals surface area (Å²) in [7, 11) is 1.62. The highest BCUT2D eigenvalue weighted by Gasteiger charge is 2.22. The Morgan fingerprint density at radius 3 is 2.71 bits per heavy atom. The third-order valence-corrected chi connectivity index (χ3v) is 2.85. The average molecular weight is 234 g/mol. The van der Waals surface area contributed by atoms with Gasteiger partial charge in [0.1, 0.15) is 5.78 Å². The smallest absolute Gasteiger partial charge is 0.161 e. The summed E-state index contributed by atoms with van der Waals surface area (Å²) in [6.07, 6.45) is 2.98. The lowest BCUT2D eigenvalue weighted by Crippen LogP contribution is -2.02. The first kappa shape index (κ1) is 12.0. The van der Waals surface area contributed by atoms with Gasteiger partial charge in [0.2, 0.25) is 0 Å². The molecule has 0 N–H and O–H groups in total. The first-order chi connectivity index (χ1) is 8.19. The van der Waals surface area contributed by atoms with Gasteiger partial charge in [0.05, 0.1) is 13.7 Å². The Kier molecular flexibility index (Phi) is 3.67. The molecule has 0 bridgehead atoms. The quantitative estimate of drug-likeness (QED) is 0.759. The van der Waals surface area contributed by atoms with Crippen molar-refractivity contribution in [2.24, 2.45) is 5.92 Å². The maximum atomic E-state index is 11.0. The molecule has 1 fully saturated rings. The third kappa shape index (κ3) is 3.48. The van der Waals surface area contributed by atoms with Crippen LogP contribution in [-0.4, -0.2) is 19.5 Å². The molecule has 0 unspecified atom stereocenters. The van der Waals surface area contributed by atoms with E-state index < -0.39 is 0 Å². The highest BCUT2D eigenvalue weighted by atomic mass is 16.5. The van der Waals surface area contributed by atoms with Crippen LogP contribution >= 0.6 is 0 Å². The summed E-state index contributed by atoms with van der Waals surface area (Å²) >= 11 is 0. The van der Waals surface area contributed by atoms with Crippen molar-refractivity contribution in [3.05, 3.63) is 23.8 Å². The van der Waals surface area contributed by atoms with E-state index in [0.29, 0.717) is 12.2 Å². The summed E-state index contributed by atoms with van der Waals surface area (Å²) in [5.74, 6) is 2.35. The van der Waals surface area contributed by atoms with Crippen LogP contribution in [-0.2, 0) is 11.2 Å². The van der Waals surface area contributed by atoms with Crippen LogP contribution in [0.1, 0.15) is 25.3 Å². The first-order valence-corrected chi connectivity index (χ1v) is 5.98. The Morgan fingerprint density at radius 1 is 1.35 bits per heavy atom. The molecule has 1 aliphatic carbocycles. The molecule has 17 heavy (non-hydrogen) atoms. The Balaban J connectivity index is 2.06. The molecule has 0 aromatic heterocycles. The first-order valence-electron chi connectivity index (χ1n) is 5.98. The maximum absolute atomic E-state index is 11.0. The number of carbonyl (C=O) groups excluding carboxylic acids is 1. The fourth-order valence-corrected chi connectivity index (χ4v) is 1.72. The maximum Gasteiger partial charge on any atom is 0.161 e. The Bertz CT molecular complexity index is 408. The van der Waals surface area contributed by atoms with Crippen LogP contribution in [0.5, 0.6) is 11.5 Å². The molecule has 1 aromatic rings. The van der Waals surface area contributed by atoms with Crippen molar-refractivity contribution in [2.45, 2.75) is 26.2 Å². The number of benzene rings is 1. The molecular weight excluding hydrogens is 216 g/mol. The third-order valence-electron chi connectivity index (χ3n) is 2.85. The van der Waals surface area contributed by atoms with Gasteiger partial charge in [-0.15, -0.1) is 0 Å². The minimum Gasteiger partial charge on any atom is -0.493 e. The number of Topliss-reactive ketones (excluding diaryl/α,β-unsaturated/α-hetero) is 1. The van der Waals surface area contributed by atoms with E-state index in [4.69, 9.17) is 9.47 Å². The van der Waals surface area contributed by atoms with E-state index in [9.17, 15) is 4.79 Å². The highest BCUT2D eigenvalue weighted by molar-refractivity contribution is 5.78. The number of hydrogen-bond donors (Lipinski definition) is 0. The molecule has 0 spiro atoms. The molecule has 92 valence electrons. The summed E-state index contributed by atoms with van der Waals surface area (Å²) < 4.78 is 11.0. The topological polar surface area (TPSA) is 35.5 Å². The van der Waals surface area contributed by atoms with Crippen molar-refractivity contribution < 1.29 is 14.3 Å². The number of ketones is 1. The van der Waals surface area contributed by atoms with E-state index in [-0.39, 0.29) is 5.78 Å². The fraction of sp³-hybridized carbons (Fsp3) is 0.500. The molecule has 0 aliphatic heterocycles. The van der Waals surface area contributed by atoms with Crippen LogP contribution in [0.3, 0.4) is 0 Å². The van der Waals surface area contributed by atoms with E-state index in [0.717, 1.165) is 23.8 Å². The van der Waals surface area contributed by atoms with Gasteiger partial charge < -0.3 is 9.47 Å². The van der Waals surface area contributed by atoms with Crippen LogP contribution in [0.15, 0.2) is 18.2 Å². The molecule has 0 heterocycles. The SMILES string of the molecule is COc1cc(CC(C)=O)ccc1OCC1CC1. The van der Waals surface area contributed by atoms with Crippen molar-refractivity contribution in [3.8, 4) is 11.5 Å². The standard InChI is InChI=1S/C14H18O3/c1-10(15)7-12-5-6-13(14(8-12)16-2)17-9-11-3-4-11/h5-6,8,11H,3-4,7,9H2,1-2H3. The second-order valence-electron chi connectivity index (χ2n) is 4.62. The van der Waals surface area contributed by atoms with Gasteiger partial charge in [-0.3, -0.25) is 4.79 Å². The number of rotatable bonds is 6. The van der Waals surface area contributed by atoms with Gasteiger partial charge in [0.25, 0.3) is 0 Å². The molecule has 2 rings (SSSR count). The van der Waals surface area contributed by atoms with Crippen molar-refractivity contribution in [1.29, 1.82) is 0 Å². The number of hydrogen-bond acceptors (Lipinski definition) is 3. The summed E-state index contributed by atoms with van der Waals surface area (Å²) in [6.45, 7) is 2.35. The summed E-state index contributed by atoms with van der Waals surface area (Å²) in [5, 5.41) is 0. The van der Waals surface area contributed by atoms with Gasteiger partial charge in [0.15, 0.2) is 11.5 Å². The zero-order valence-electron chi connectivity index (χ0n) is 10.4. The molecule has 3 heteroatoms. The zero-order chi connectivity index (χ0) is 12.3. The largest absolute Gasteiger partial charge is 0.493 e. The van der Waals surface area contributed by atoms with Crippen molar-refractivity contribution in [3.63, 3.8) is 0 Å². The minimum absolute atomic E-state index is 0.152. The summed E-state index contributed by atoms with van der Waals surface area (Å²) in [4.78, 5) is 11.0. The lowest BCUT2D eigenvalue weighted by Gasteiger charge is -2.11. The Labute approximate surface area is 102 Å². The molecule has 0 amide bonds. The van der Waals surface area contributed by atoms with E-state index >= 15 is 0 Å². The summed E-state index contributed by atoms with van der Waals surface area (Å²) in [6, 6.07) is 5.69. The van der Waals surface area contributed by atoms with Crippen molar-refractivity contribution in [2.75, 3.05) is 13.7 Å². The molecule has 0 atom stereocenters. The van der Waals surface area contributed by atoms with Crippen LogP contribution in [0.4, 0.5) is 0 Å². The van der Waals surface area contributed by atoms with Crippen LogP contribution in [0.2, 0.25) is 0 Å². The molecule has 0 saturated heterocycles. The van der Waals surface area contributed by atoms with Crippen molar-refractivity contribution in [1.82, 2.24) is 0 Å². The molecule has 1 aromatic carbocycles. The zero-order valence-corrected chi connectivity index (χ0v) is 10.4. The molecule has 1 aliphatic rings. The number of ether oxygens (including phenoxy) is 2. The van der Waals surface area contributed by atoms with E-state index in [1.165, 1.54) is 12.8 Å². The van der Waals surface area contributed by atoms with Crippen molar-refractivity contribution >= 4 is 5.78 Å². The van der Waals surface area contributed by atoms with Crippen LogP contribution in [0, 0.1) is 5.92 Å². The predicted molar refractivity (Wildman–Crippen MR) is 65.6 cm³/mol. The van der Waals surface area contributed by atoms with Crippen LogP contribution < -0.4 is 9.47 Å². The normalized spacial score (nSPS) is 14.5. The van der Waals surface area contributed by atoms with Gasteiger partial charge in [-0.2, -0.15) is 0 Å². The minimum atomic E-state index is 0.152. The number of carbonyl (C=O) groups is 1. The van der Waals surface area contributed by atoms with Gasteiger partial charge in [-0.25, -0.2) is 0 Å². The molecule has 1 saturated carbocycles. The van der Waals surface area contributed by atoms with Gasteiger partial charge in [0, 0.05) is 6.42 Å². The predicted octanol–water partition coefficient (Wildman–Crippen LogP) is 2.62. The van der Waals surface area contributed by atoms with E-state index in [1.807, 2.05) is 18.2 Å². The van der Waals surface area contributed by atoms with Gasteiger partial charge in [-0.1, -0.05) is 6.07 Å². The lowest BCUT2D eigenvalue weighted by molar-refractivity contribution is -0.116. The summed E-state index contributed by atoms with van der Waals surface area (Å²) in [5.41, 5.74) is 0.966. The lowest BCUT2D eigenvalue weighted by atomic mass is 10.1. The molecular formula is C14H18O3. The average Bonchev–Trinajstić information content (AvgIpc) is 3.10. The Hall–Kier alpha value is -1.51. The van der Waals surface area contributed by atoms with E-state index in [2.05, 4.69) is 0 Å². The van der Waals surface area contributed by atoms with Crippen LogP contribution in [0.25, 0.3) is 0 Å². The van der Waals surface area contributed by atoms with Gasteiger partial charge in [-0.05, 0) is 43.4 Å². The monoisotopic (exact) mass is 234 g/mol.